The van der Waals surface area contributed by atoms with Crippen molar-refractivity contribution in [2.75, 3.05) is 25.2 Å². The lowest BCUT2D eigenvalue weighted by Crippen LogP contribution is -2.40. The molecule has 4 rings (SSSR count). The van der Waals surface area contributed by atoms with Gasteiger partial charge in [0.25, 0.3) is 0 Å². The summed E-state index contributed by atoms with van der Waals surface area (Å²) in [5, 5.41) is 0. The quantitative estimate of drug-likeness (QED) is 0.687. The molecule has 7 nitrogen and oxygen atoms in total. The molecule has 2 heterocycles. The third kappa shape index (κ3) is 4.12. The van der Waals surface area contributed by atoms with E-state index in [-0.39, 0.29) is 22.9 Å². The number of rotatable bonds is 6. The van der Waals surface area contributed by atoms with Gasteiger partial charge in [-0.3, -0.25) is 0 Å². The highest BCUT2D eigenvalue weighted by Gasteiger charge is 2.39. The van der Waals surface area contributed by atoms with Crippen LogP contribution in [0.1, 0.15) is 17.5 Å². The van der Waals surface area contributed by atoms with Gasteiger partial charge in [-0.1, -0.05) is 12.1 Å². The van der Waals surface area contributed by atoms with E-state index in [1.807, 2.05) is 0 Å². The van der Waals surface area contributed by atoms with E-state index in [1.165, 1.54) is 10.4 Å². The summed E-state index contributed by atoms with van der Waals surface area (Å²) in [4.78, 5) is 0.166. The molecule has 1 atom stereocenters. The number of nitrogens with zero attached hydrogens (tertiary/aromatic N) is 1. The molecule has 2 aliphatic rings. The fourth-order valence-corrected chi connectivity index (χ4v) is 7.30. The third-order valence-corrected chi connectivity index (χ3v) is 9.03. The van der Waals surface area contributed by atoms with Gasteiger partial charge < -0.3 is 9.47 Å². The van der Waals surface area contributed by atoms with Crippen molar-refractivity contribution in [3.63, 3.8) is 0 Å². The first-order valence-corrected chi connectivity index (χ1v) is 12.7. The van der Waals surface area contributed by atoms with E-state index in [0.29, 0.717) is 30.9 Å². The first-order valence-electron chi connectivity index (χ1n) is 9.39. The zero-order valence-corrected chi connectivity index (χ0v) is 17.7. The van der Waals surface area contributed by atoms with E-state index in [9.17, 15) is 16.8 Å². The normalized spacial score (nSPS) is 20.4. The smallest absolute Gasteiger partial charge is 0.243 e. The highest BCUT2D eigenvalue weighted by atomic mass is 32.2. The molecule has 1 unspecified atom stereocenters. The van der Waals surface area contributed by atoms with E-state index >= 15 is 0 Å². The topological polar surface area (TPSA) is 90.0 Å². The molecule has 0 radical (unpaired) electrons. The van der Waals surface area contributed by atoms with Crippen LogP contribution in [-0.2, 0) is 32.8 Å². The largest absolute Gasteiger partial charge is 0.497 e. The number of benzene rings is 2. The van der Waals surface area contributed by atoms with Crippen molar-refractivity contribution in [1.29, 1.82) is 0 Å². The van der Waals surface area contributed by atoms with Gasteiger partial charge in [-0.25, -0.2) is 16.8 Å². The van der Waals surface area contributed by atoms with Gasteiger partial charge in [-0.05, 0) is 47.9 Å². The summed E-state index contributed by atoms with van der Waals surface area (Å²) < 4.78 is 63.1. The summed E-state index contributed by atoms with van der Waals surface area (Å²) in [6.07, 6.45) is 0.959. The third-order valence-electron chi connectivity index (χ3n) is 5.38. The van der Waals surface area contributed by atoms with E-state index in [0.717, 1.165) is 11.1 Å². The lowest BCUT2D eigenvalue weighted by molar-refractivity contribution is 0.334. The first kappa shape index (κ1) is 20.2. The molecule has 2 aromatic carbocycles. The molecule has 0 amide bonds. The molecule has 0 bridgehead atoms. The van der Waals surface area contributed by atoms with Crippen molar-refractivity contribution in [2.24, 2.45) is 0 Å². The number of methoxy groups -OCH3 is 1. The second kappa shape index (κ2) is 7.62. The molecule has 0 aliphatic carbocycles. The summed E-state index contributed by atoms with van der Waals surface area (Å²) >= 11 is 0. The Hall–Kier alpha value is -2.10. The molecule has 29 heavy (non-hydrogen) atoms. The van der Waals surface area contributed by atoms with Gasteiger partial charge in [0.1, 0.15) is 11.5 Å². The summed E-state index contributed by atoms with van der Waals surface area (Å²) in [6, 6.07) is 11.4. The number of hydrogen-bond donors (Lipinski definition) is 0. The van der Waals surface area contributed by atoms with Crippen LogP contribution in [0.5, 0.6) is 11.5 Å². The van der Waals surface area contributed by atoms with E-state index in [1.54, 1.807) is 43.5 Å². The Kier molecular flexibility index (Phi) is 5.30. The Morgan fingerprint density at radius 1 is 1.17 bits per heavy atom. The molecule has 0 N–H and O–H groups in total. The lowest BCUT2D eigenvalue weighted by atomic mass is 10.2. The number of hydrogen-bond acceptors (Lipinski definition) is 6. The molecule has 0 spiro atoms. The van der Waals surface area contributed by atoms with Crippen molar-refractivity contribution >= 4 is 19.9 Å². The molecule has 156 valence electrons. The van der Waals surface area contributed by atoms with Crippen molar-refractivity contribution in [3.8, 4) is 11.5 Å². The molecule has 1 saturated heterocycles. The van der Waals surface area contributed by atoms with E-state index in [4.69, 9.17) is 9.47 Å². The first-order chi connectivity index (χ1) is 13.8. The Morgan fingerprint density at radius 3 is 2.59 bits per heavy atom. The van der Waals surface area contributed by atoms with Crippen LogP contribution in [0.25, 0.3) is 0 Å². The number of fused-ring (bicyclic) bond motifs is 1. The van der Waals surface area contributed by atoms with Gasteiger partial charge in [0.15, 0.2) is 9.84 Å². The second-order valence-electron chi connectivity index (χ2n) is 7.32. The van der Waals surface area contributed by atoms with Gasteiger partial charge in [0.2, 0.25) is 10.0 Å². The Morgan fingerprint density at radius 2 is 1.93 bits per heavy atom. The zero-order valence-electron chi connectivity index (χ0n) is 16.1. The fraction of sp³-hybridized carbons (Fsp3) is 0.400. The van der Waals surface area contributed by atoms with Gasteiger partial charge in [-0.2, -0.15) is 4.31 Å². The van der Waals surface area contributed by atoms with Crippen molar-refractivity contribution in [1.82, 2.24) is 4.31 Å². The lowest BCUT2D eigenvalue weighted by Gasteiger charge is -2.27. The molecule has 2 aliphatic heterocycles. The summed E-state index contributed by atoms with van der Waals surface area (Å²) in [5.41, 5.74) is 1.62. The Labute approximate surface area is 171 Å². The van der Waals surface area contributed by atoms with Gasteiger partial charge >= 0.3 is 0 Å². The van der Waals surface area contributed by atoms with E-state index < -0.39 is 25.9 Å². The van der Waals surface area contributed by atoms with Crippen LogP contribution in [-0.4, -0.2) is 52.4 Å². The monoisotopic (exact) mass is 437 g/mol. The SMILES string of the molecule is COc1ccc(CN(C2CCS(=O)(=O)C2)S(=O)(=O)c2ccc3c(c2)CCO3)cc1. The maximum absolute atomic E-state index is 13.5. The minimum absolute atomic E-state index is 0.00429. The molecule has 0 aromatic heterocycles. The van der Waals surface area contributed by atoms with Crippen molar-refractivity contribution < 1.29 is 26.3 Å². The van der Waals surface area contributed by atoms with Crippen LogP contribution in [0.15, 0.2) is 47.4 Å². The maximum atomic E-state index is 13.5. The molecular formula is C20H23NO6S2. The number of sulfonamides is 1. The van der Waals surface area contributed by atoms with Crippen LogP contribution < -0.4 is 9.47 Å². The van der Waals surface area contributed by atoms with Crippen LogP contribution in [0.4, 0.5) is 0 Å². The maximum Gasteiger partial charge on any atom is 0.243 e. The van der Waals surface area contributed by atoms with Gasteiger partial charge in [0, 0.05) is 19.0 Å². The van der Waals surface area contributed by atoms with Crippen molar-refractivity contribution in [3.05, 3.63) is 53.6 Å². The van der Waals surface area contributed by atoms with E-state index in [2.05, 4.69) is 0 Å². The highest BCUT2D eigenvalue weighted by Crippen LogP contribution is 2.32. The summed E-state index contributed by atoms with van der Waals surface area (Å²) in [7, 11) is -5.57. The van der Waals surface area contributed by atoms with Crippen LogP contribution >= 0.6 is 0 Å². The fourth-order valence-electron chi connectivity index (χ4n) is 3.78. The second-order valence-corrected chi connectivity index (χ2v) is 11.4. The summed E-state index contributed by atoms with van der Waals surface area (Å²) in [6.45, 7) is 0.634. The standard InChI is InChI=1S/C20H23NO6S2/c1-26-18-4-2-15(3-5-18)13-21(17-9-11-28(22,23)14-17)29(24,25)19-6-7-20-16(12-19)8-10-27-20/h2-7,12,17H,8-11,13-14H2,1H3. The molecular weight excluding hydrogens is 414 g/mol. The average molecular weight is 438 g/mol. The molecule has 1 fully saturated rings. The van der Waals surface area contributed by atoms with Crippen LogP contribution in [0, 0.1) is 0 Å². The predicted molar refractivity (Wildman–Crippen MR) is 108 cm³/mol. The highest BCUT2D eigenvalue weighted by molar-refractivity contribution is 7.92. The Bertz CT molecular complexity index is 1110. The minimum atomic E-state index is -3.89. The summed E-state index contributed by atoms with van der Waals surface area (Å²) in [5.74, 6) is 1.22. The number of ether oxygens (including phenoxy) is 2. The molecule has 2 aromatic rings. The van der Waals surface area contributed by atoms with Gasteiger partial charge in [0.05, 0.1) is 30.1 Å². The van der Waals surface area contributed by atoms with Crippen molar-refractivity contribution in [2.45, 2.75) is 30.3 Å². The van der Waals surface area contributed by atoms with Crippen LogP contribution in [0.2, 0.25) is 0 Å². The zero-order chi connectivity index (χ0) is 20.6. The minimum Gasteiger partial charge on any atom is -0.497 e. The molecule has 9 heteroatoms. The average Bonchev–Trinajstić information content (AvgIpc) is 3.31. The van der Waals surface area contributed by atoms with Gasteiger partial charge in [-0.15, -0.1) is 0 Å². The number of sulfone groups is 1. The molecule has 0 saturated carbocycles. The predicted octanol–water partition coefficient (Wildman–Crippen LogP) is 2.01. The Balaban J connectivity index is 1.70. The van der Waals surface area contributed by atoms with Crippen LogP contribution in [0.3, 0.4) is 0 Å².